The first-order chi connectivity index (χ1) is 17.7. The molecule has 1 aromatic heterocycles. The van der Waals surface area contributed by atoms with E-state index in [-0.39, 0.29) is 16.6 Å². The third-order valence-corrected chi connectivity index (χ3v) is 6.88. The summed E-state index contributed by atoms with van der Waals surface area (Å²) in [5.74, 6) is -0.338. The molecule has 0 aliphatic carbocycles. The number of amidine groups is 1. The Morgan fingerprint density at radius 3 is 2.35 bits per heavy atom. The molecule has 0 saturated carbocycles. The van der Waals surface area contributed by atoms with Gasteiger partial charge in [-0.15, -0.1) is 0 Å². The molecule has 1 atom stereocenters. The van der Waals surface area contributed by atoms with Crippen molar-refractivity contribution in [1.82, 2.24) is 4.98 Å². The maximum atomic E-state index is 13.3. The summed E-state index contributed by atoms with van der Waals surface area (Å²) in [7, 11) is -3.40. The maximum Gasteiger partial charge on any atom is 0.247 e. The number of hydrogen-bond donors (Lipinski definition) is 4. The second-order valence-electron chi connectivity index (χ2n) is 8.55. The smallest absolute Gasteiger partial charge is 0.247 e. The fourth-order valence-electron chi connectivity index (χ4n) is 3.91. The predicted molar refractivity (Wildman–Crippen MR) is 146 cm³/mol. The number of nitrogen functional groups attached to an aromatic ring is 1. The molecule has 0 saturated heterocycles. The summed E-state index contributed by atoms with van der Waals surface area (Å²) in [6.07, 6.45) is 3.19. The third-order valence-electron chi connectivity index (χ3n) is 5.72. The van der Waals surface area contributed by atoms with E-state index in [1.807, 2.05) is 18.2 Å². The Morgan fingerprint density at radius 1 is 0.946 bits per heavy atom. The van der Waals surface area contributed by atoms with Crippen LogP contribution in [0.25, 0.3) is 11.1 Å². The lowest BCUT2D eigenvalue weighted by molar-refractivity contribution is -0.116. The Bertz CT molecular complexity index is 1520. The highest BCUT2D eigenvalue weighted by Gasteiger charge is 2.21. The van der Waals surface area contributed by atoms with Gasteiger partial charge in [0.1, 0.15) is 11.9 Å². The molecule has 0 radical (unpaired) electrons. The van der Waals surface area contributed by atoms with Crippen LogP contribution in [-0.4, -0.2) is 37.4 Å². The van der Waals surface area contributed by atoms with Gasteiger partial charge in [-0.2, -0.15) is 0 Å². The van der Waals surface area contributed by atoms with Crippen molar-refractivity contribution in [2.45, 2.75) is 17.4 Å². The monoisotopic (exact) mass is 513 g/mol. The fraction of sp³-hybridized carbons (Fsp3) is 0.107. The Hall–Kier alpha value is -4.50. The number of anilines is 2. The molecule has 37 heavy (non-hydrogen) atoms. The second kappa shape index (κ2) is 11.0. The summed E-state index contributed by atoms with van der Waals surface area (Å²) in [4.78, 5) is 17.9. The first-order valence-corrected chi connectivity index (χ1v) is 13.4. The number of nitrogens with two attached hydrogens (primary N) is 1. The summed E-state index contributed by atoms with van der Waals surface area (Å²) in [6, 6.07) is 25.7. The number of rotatable bonds is 9. The zero-order valence-corrected chi connectivity index (χ0v) is 21.0. The van der Waals surface area contributed by atoms with Crippen molar-refractivity contribution < 1.29 is 13.2 Å². The highest BCUT2D eigenvalue weighted by molar-refractivity contribution is 7.90. The molecular formula is C28H27N5O3S. The number of pyridine rings is 1. The molecule has 4 rings (SSSR count). The van der Waals surface area contributed by atoms with Crippen LogP contribution in [0.1, 0.15) is 11.3 Å². The van der Waals surface area contributed by atoms with Gasteiger partial charge in [0.25, 0.3) is 0 Å². The highest BCUT2D eigenvalue weighted by Crippen LogP contribution is 2.28. The molecule has 5 N–H and O–H groups in total. The van der Waals surface area contributed by atoms with Crippen LogP contribution in [0.5, 0.6) is 0 Å². The van der Waals surface area contributed by atoms with Gasteiger partial charge in [-0.1, -0.05) is 48.5 Å². The number of carbonyl (C=O) groups excluding carboxylic acids is 1. The Kier molecular flexibility index (Phi) is 7.64. The Labute approximate surface area is 216 Å². The SMILES string of the molecule is CS(=O)(=O)c1ccccc1-c1ccc(NC(=O)[C@H](Cc2ccccn2)Nc2cccc(C(=N)N)c2)cc1. The average molecular weight is 514 g/mol. The minimum Gasteiger partial charge on any atom is -0.384 e. The van der Waals surface area contributed by atoms with E-state index in [0.29, 0.717) is 28.9 Å². The van der Waals surface area contributed by atoms with Gasteiger partial charge in [0, 0.05) is 47.1 Å². The van der Waals surface area contributed by atoms with Gasteiger partial charge in [-0.25, -0.2) is 8.42 Å². The quantitative estimate of drug-likeness (QED) is 0.196. The number of nitrogens with zero attached hydrogens (tertiary/aromatic N) is 1. The van der Waals surface area contributed by atoms with Crippen LogP contribution in [-0.2, 0) is 21.1 Å². The minimum atomic E-state index is -3.40. The fourth-order valence-corrected chi connectivity index (χ4v) is 4.82. The zero-order chi connectivity index (χ0) is 26.4. The molecule has 0 spiro atoms. The van der Waals surface area contributed by atoms with Gasteiger partial charge < -0.3 is 16.4 Å². The van der Waals surface area contributed by atoms with E-state index >= 15 is 0 Å². The van der Waals surface area contributed by atoms with Gasteiger partial charge in [0.15, 0.2) is 9.84 Å². The molecule has 1 heterocycles. The van der Waals surface area contributed by atoms with Crippen molar-refractivity contribution in [2.24, 2.45) is 5.73 Å². The van der Waals surface area contributed by atoms with E-state index in [1.165, 1.54) is 6.26 Å². The van der Waals surface area contributed by atoms with Crippen molar-refractivity contribution >= 4 is 33.0 Å². The molecule has 0 aliphatic heterocycles. The third kappa shape index (κ3) is 6.59. The molecule has 0 unspecified atom stereocenters. The number of aromatic nitrogens is 1. The van der Waals surface area contributed by atoms with Gasteiger partial charge in [0.05, 0.1) is 4.90 Å². The number of amides is 1. The lowest BCUT2D eigenvalue weighted by Crippen LogP contribution is -2.36. The summed E-state index contributed by atoms with van der Waals surface area (Å²) < 4.78 is 24.4. The van der Waals surface area contributed by atoms with Gasteiger partial charge >= 0.3 is 0 Å². The number of hydrogen-bond acceptors (Lipinski definition) is 6. The summed E-state index contributed by atoms with van der Waals surface area (Å²) >= 11 is 0. The molecule has 3 aromatic carbocycles. The topological polar surface area (TPSA) is 138 Å². The van der Waals surface area contributed by atoms with E-state index in [1.54, 1.807) is 79.0 Å². The summed E-state index contributed by atoms with van der Waals surface area (Å²) in [5, 5.41) is 13.8. The number of carbonyl (C=O) groups is 1. The molecule has 9 heteroatoms. The van der Waals surface area contributed by atoms with Crippen molar-refractivity contribution in [3.8, 4) is 11.1 Å². The summed E-state index contributed by atoms with van der Waals surface area (Å²) in [6.45, 7) is 0. The van der Waals surface area contributed by atoms with E-state index in [2.05, 4.69) is 15.6 Å². The minimum absolute atomic E-state index is 0.0630. The van der Waals surface area contributed by atoms with Crippen LogP contribution in [0.3, 0.4) is 0 Å². The molecule has 0 fully saturated rings. The lowest BCUT2D eigenvalue weighted by atomic mass is 10.0. The van der Waals surface area contributed by atoms with Crippen LogP contribution >= 0.6 is 0 Å². The Balaban J connectivity index is 1.56. The van der Waals surface area contributed by atoms with Crippen LogP contribution in [0.15, 0.2) is 102 Å². The molecule has 8 nitrogen and oxygen atoms in total. The predicted octanol–water partition coefficient (Wildman–Crippen LogP) is 4.10. The number of benzene rings is 3. The van der Waals surface area contributed by atoms with Gasteiger partial charge in [0.2, 0.25) is 5.91 Å². The van der Waals surface area contributed by atoms with E-state index in [4.69, 9.17) is 11.1 Å². The highest BCUT2D eigenvalue weighted by atomic mass is 32.2. The van der Waals surface area contributed by atoms with Gasteiger partial charge in [-0.3, -0.25) is 15.2 Å². The first-order valence-electron chi connectivity index (χ1n) is 11.5. The molecule has 4 aromatic rings. The molecular weight excluding hydrogens is 486 g/mol. The molecule has 0 aliphatic rings. The normalized spacial score (nSPS) is 11.9. The Morgan fingerprint density at radius 2 is 1.68 bits per heavy atom. The molecule has 0 bridgehead atoms. The number of sulfone groups is 1. The standard InChI is InChI=1S/C28H27N5O3S/c1-37(35,36)26-11-3-2-10-24(26)19-12-14-21(15-13-19)33-28(34)25(18-22-8-4-5-16-31-22)32-23-9-6-7-20(17-23)27(29)30/h2-17,25,32H,18H2,1H3,(H3,29,30)(H,33,34)/t25-/m0/s1. The summed E-state index contributed by atoms with van der Waals surface area (Å²) in [5.41, 5.74) is 9.45. The molecule has 1 amide bonds. The number of nitrogens with one attached hydrogen (secondary N) is 3. The average Bonchev–Trinajstić information content (AvgIpc) is 2.89. The van der Waals surface area contributed by atoms with Crippen molar-refractivity contribution in [3.05, 3.63) is 108 Å². The van der Waals surface area contributed by atoms with E-state index in [9.17, 15) is 13.2 Å². The van der Waals surface area contributed by atoms with Crippen LogP contribution < -0.4 is 16.4 Å². The zero-order valence-electron chi connectivity index (χ0n) is 20.2. The van der Waals surface area contributed by atoms with Crippen molar-refractivity contribution in [3.63, 3.8) is 0 Å². The maximum absolute atomic E-state index is 13.3. The van der Waals surface area contributed by atoms with E-state index in [0.717, 1.165) is 11.3 Å². The van der Waals surface area contributed by atoms with Crippen LogP contribution in [0, 0.1) is 5.41 Å². The van der Waals surface area contributed by atoms with Crippen LogP contribution in [0.4, 0.5) is 11.4 Å². The largest absolute Gasteiger partial charge is 0.384 e. The van der Waals surface area contributed by atoms with E-state index < -0.39 is 15.9 Å². The van der Waals surface area contributed by atoms with Crippen LogP contribution in [0.2, 0.25) is 0 Å². The van der Waals surface area contributed by atoms with Crippen molar-refractivity contribution in [1.29, 1.82) is 5.41 Å². The lowest BCUT2D eigenvalue weighted by Gasteiger charge is -2.20. The van der Waals surface area contributed by atoms with Gasteiger partial charge in [-0.05, 0) is 48.0 Å². The second-order valence-corrected chi connectivity index (χ2v) is 10.5. The van der Waals surface area contributed by atoms with Crippen molar-refractivity contribution in [2.75, 3.05) is 16.9 Å². The molecule has 188 valence electrons. The first kappa shape index (κ1) is 25.6.